The Labute approximate surface area is 429 Å². The lowest BCUT2D eigenvalue weighted by Gasteiger charge is -2.67. The first-order chi connectivity index (χ1) is 34.3. The van der Waals surface area contributed by atoms with Gasteiger partial charge in [-0.2, -0.15) is 0 Å². The van der Waals surface area contributed by atoms with Crippen LogP contribution in [0.4, 0.5) is 0 Å². The molecule has 1 saturated heterocycles. The zero-order valence-electron chi connectivity index (χ0n) is 44.5. The molecule has 1 heterocycles. The van der Waals surface area contributed by atoms with E-state index in [-0.39, 0.29) is 30.6 Å². The van der Waals surface area contributed by atoms with Crippen LogP contribution < -0.4 is 0 Å². The van der Waals surface area contributed by atoms with Gasteiger partial charge >= 0.3 is 17.9 Å². The largest absolute Gasteiger partial charge is 0.456 e. The van der Waals surface area contributed by atoms with Crippen molar-refractivity contribution in [1.29, 1.82) is 0 Å². The van der Waals surface area contributed by atoms with Crippen molar-refractivity contribution in [3.63, 3.8) is 0 Å². The average Bonchev–Trinajstić information content (AvgIpc) is 3.35. The molecule has 3 N–H and O–H groups in total. The maximum Gasteiger partial charge on any atom is 0.338 e. The Morgan fingerprint density at radius 2 is 1.32 bits per heavy atom. The van der Waals surface area contributed by atoms with Crippen LogP contribution in [-0.4, -0.2) is 106 Å². The molecule has 3 aliphatic carbocycles. The molecular formula is C59H86O13. The van der Waals surface area contributed by atoms with Gasteiger partial charge in [0.1, 0.15) is 30.0 Å². The van der Waals surface area contributed by atoms with Gasteiger partial charge in [0, 0.05) is 37.7 Å². The minimum absolute atomic E-state index is 0.0595. The Hall–Kier alpha value is -3.98. The van der Waals surface area contributed by atoms with Crippen LogP contribution in [0.1, 0.15) is 193 Å². The summed E-state index contributed by atoms with van der Waals surface area (Å²) in [6.07, 6.45) is 10.4. The lowest BCUT2D eigenvalue weighted by Crippen LogP contribution is -2.81. The number of carbonyl (C=O) groups excluding carboxylic acids is 4. The average molecular weight is 1000 g/mol. The van der Waals surface area contributed by atoms with E-state index in [4.69, 9.17) is 28.4 Å². The van der Waals surface area contributed by atoms with Gasteiger partial charge in [0.15, 0.2) is 23.8 Å². The minimum atomic E-state index is -2.25. The van der Waals surface area contributed by atoms with Crippen LogP contribution in [0.25, 0.3) is 0 Å². The third kappa shape index (κ3) is 12.4. The summed E-state index contributed by atoms with van der Waals surface area (Å²) in [4.78, 5) is 57.4. The number of benzene rings is 2. The summed E-state index contributed by atoms with van der Waals surface area (Å²) < 4.78 is 37.5. The third-order valence-corrected chi connectivity index (χ3v) is 16.9. The summed E-state index contributed by atoms with van der Waals surface area (Å²) in [5.41, 5.74) is -6.11. The number of Topliss-reactive ketones (excluding diaryl/α,β-unsaturated/α-hetero) is 1. The van der Waals surface area contributed by atoms with Crippen molar-refractivity contribution in [3.8, 4) is 0 Å². The molecule has 4 aliphatic rings. The fraction of sp³-hybridized carbons (Fsp3) is 0.695. The molecule has 0 amide bonds. The van der Waals surface area contributed by atoms with E-state index < -0.39 is 100 Å². The van der Waals surface area contributed by atoms with Crippen molar-refractivity contribution < 1.29 is 62.9 Å². The van der Waals surface area contributed by atoms with E-state index in [9.17, 15) is 29.7 Å². The zero-order valence-corrected chi connectivity index (χ0v) is 44.5. The van der Waals surface area contributed by atoms with Gasteiger partial charge in [0.05, 0.1) is 29.6 Å². The van der Waals surface area contributed by atoms with Crippen molar-refractivity contribution in [1.82, 2.24) is 0 Å². The highest BCUT2D eigenvalue weighted by atomic mass is 16.7. The first-order valence-electron chi connectivity index (χ1n) is 27.3. The maximum atomic E-state index is 15.2. The predicted molar refractivity (Wildman–Crippen MR) is 274 cm³/mol. The van der Waals surface area contributed by atoms with E-state index in [1.54, 1.807) is 58.0 Å². The fourth-order valence-electron chi connectivity index (χ4n) is 12.4. The molecule has 2 aromatic rings. The van der Waals surface area contributed by atoms with E-state index >= 15 is 4.79 Å². The number of fused-ring (bicyclic) bond motifs is 5. The summed E-state index contributed by atoms with van der Waals surface area (Å²) in [5, 5.41) is 38.1. The van der Waals surface area contributed by atoms with Gasteiger partial charge < -0.3 is 43.7 Å². The van der Waals surface area contributed by atoms with E-state index in [0.29, 0.717) is 12.2 Å². The van der Waals surface area contributed by atoms with Gasteiger partial charge in [0.25, 0.3) is 0 Å². The number of aliphatic hydroxyl groups excluding tert-OH is 2. The molecule has 0 aromatic heterocycles. The van der Waals surface area contributed by atoms with E-state index in [1.165, 1.54) is 97.3 Å². The highest BCUT2D eigenvalue weighted by Gasteiger charge is 2.78. The first kappa shape index (κ1) is 57.3. The molecule has 12 atom stereocenters. The van der Waals surface area contributed by atoms with Crippen LogP contribution in [0.15, 0.2) is 71.8 Å². The first-order valence-corrected chi connectivity index (χ1v) is 27.3. The highest BCUT2D eigenvalue weighted by Crippen LogP contribution is 2.64. The van der Waals surface area contributed by atoms with Gasteiger partial charge in [-0.05, 0) is 56.0 Å². The second-order valence-electron chi connectivity index (χ2n) is 22.1. The summed E-state index contributed by atoms with van der Waals surface area (Å²) in [7, 11) is 0. The summed E-state index contributed by atoms with van der Waals surface area (Å²) in [6.45, 7) is 13.7. The van der Waals surface area contributed by atoms with Crippen molar-refractivity contribution in [3.05, 3.63) is 82.9 Å². The van der Waals surface area contributed by atoms with Crippen LogP contribution in [0.2, 0.25) is 0 Å². The van der Waals surface area contributed by atoms with Crippen molar-refractivity contribution in [2.75, 3.05) is 13.2 Å². The topological polar surface area (TPSA) is 184 Å². The maximum absolute atomic E-state index is 15.2. The summed E-state index contributed by atoms with van der Waals surface area (Å²) in [5.74, 6) is -5.15. The van der Waals surface area contributed by atoms with E-state index in [1.807, 2.05) is 37.3 Å². The van der Waals surface area contributed by atoms with Gasteiger partial charge in [0.2, 0.25) is 0 Å². The standard InChI is InChI=1S/C59H86O13/c1-9-10-11-12-13-14-15-16-17-18-19-20-21-22-23-30-35-67-42(5)69-50(39(2)43-31-26-24-27-32-43)55(65)70-45-37-59(66)53(71-54(64)44-33-28-25-29-34-44)51-57(8,52(63)49(62)48(40(45)3)56(59,6)7)46(61)36-47-58(51,38-68-47)72-41(4)60/h24-29,31-34,39,42,45-47,49-51,53,61-62,66H,9-23,30,35-38H2,1-8H3/t39-,42?,45-,46-,47+,49+,50+,51-,53-,57+,58-,59+/m0/s1. The van der Waals surface area contributed by atoms with Crippen LogP contribution >= 0.6 is 0 Å². The molecule has 2 aromatic carbocycles. The number of esters is 3. The Bertz CT molecular complexity index is 2120. The molecule has 6 rings (SSSR count). The van der Waals surface area contributed by atoms with Gasteiger partial charge in [-0.3, -0.25) is 9.59 Å². The molecule has 0 spiro atoms. The summed E-state index contributed by atoms with van der Waals surface area (Å²) >= 11 is 0. The number of hydrogen-bond acceptors (Lipinski definition) is 13. The third-order valence-electron chi connectivity index (χ3n) is 16.9. The molecule has 2 bridgehead atoms. The normalized spacial score (nSPS) is 29.8. The molecule has 1 aliphatic heterocycles. The summed E-state index contributed by atoms with van der Waals surface area (Å²) in [6, 6.07) is 17.5. The zero-order chi connectivity index (χ0) is 52.3. The molecule has 3 fully saturated rings. The Balaban J connectivity index is 1.19. The molecule has 13 heteroatoms. The van der Waals surface area contributed by atoms with Crippen LogP contribution in [0.5, 0.6) is 0 Å². The second kappa shape index (κ2) is 25.5. The Morgan fingerprint density at radius 3 is 1.85 bits per heavy atom. The molecule has 13 nitrogen and oxygen atoms in total. The molecule has 2 saturated carbocycles. The van der Waals surface area contributed by atoms with Crippen LogP contribution in [-0.2, 0) is 42.8 Å². The second-order valence-corrected chi connectivity index (χ2v) is 22.1. The molecular weight excluding hydrogens is 917 g/mol. The van der Waals surface area contributed by atoms with E-state index in [2.05, 4.69) is 6.92 Å². The van der Waals surface area contributed by atoms with Crippen molar-refractivity contribution in [2.45, 2.75) is 231 Å². The lowest BCUT2D eigenvalue weighted by atomic mass is 9.44. The number of rotatable bonds is 27. The highest BCUT2D eigenvalue weighted by molar-refractivity contribution is 5.94. The number of aliphatic hydroxyl groups is 3. The Kier molecular flexibility index (Phi) is 20.3. The van der Waals surface area contributed by atoms with Crippen molar-refractivity contribution >= 4 is 23.7 Å². The monoisotopic (exact) mass is 1000 g/mol. The van der Waals surface area contributed by atoms with Gasteiger partial charge in [-0.25, -0.2) is 9.59 Å². The van der Waals surface area contributed by atoms with Crippen LogP contribution in [0.3, 0.4) is 0 Å². The number of hydrogen-bond donors (Lipinski definition) is 3. The molecule has 400 valence electrons. The minimum Gasteiger partial charge on any atom is -0.456 e. The predicted octanol–water partition coefficient (Wildman–Crippen LogP) is 10.4. The SMILES string of the molecule is CCCCCCCCCCCCCCCCCCOC(C)O[C@@H](C(=O)O[C@H]1C[C@@]2(O)[C@@H](OC(=O)c3ccccc3)[C@@H]3[C@]4(OC(C)=O)CO[C@@H]4C[C@H](O)[C@@]3(C)C(=O)[C@H](O)C(=C1C)C2(C)C)[C@@H](C)c1ccccc1. The van der Waals surface area contributed by atoms with E-state index in [0.717, 1.165) is 24.8 Å². The number of ketones is 1. The Morgan fingerprint density at radius 1 is 0.778 bits per heavy atom. The molecule has 1 unspecified atom stereocenters. The number of unbranched alkanes of at least 4 members (excludes halogenated alkanes) is 15. The van der Waals surface area contributed by atoms with Crippen molar-refractivity contribution in [2.24, 2.45) is 16.7 Å². The quantitative estimate of drug-likeness (QED) is 0.0253. The van der Waals surface area contributed by atoms with Crippen LogP contribution in [0, 0.1) is 16.7 Å². The van der Waals surface area contributed by atoms with Gasteiger partial charge in [-0.1, -0.05) is 173 Å². The number of carbonyl (C=O) groups is 4. The lowest BCUT2D eigenvalue weighted by molar-refractivity contribution is -0.346. The van der Waals surface area contributed by atoms with Gasteiger partial charge in [-0.15, -0.1) is 0 Å². The molecule has 72 heavy (non-hydrogen) atoms. The fourth-order valence-corrected chi connectivity index (χ4v) is 12.4. The molecule has 0 radical (unpaired) electrons. The smallest absolute Gasteiger partial charge is 0.338 e. The number of ether oxygens (including phenoxy) is 6.